The van der Waals surface area contributed by atoms with E-state index in [1.54, 1.807) is 14.2 Å². The van der Waals surface area contributed by atoms with E-state index < -0.39 is 0 Å². The maximum Gasteiger partial charge on any atom is 0.225 e. The van der Waals surface area contributed by atoms with Crippen molar-refractivity contribution >= 4 is 35.8 Å². The van der Waals surface area contributed by atoms with Crippen molar-refractivity contribution in [2.75, 3.05) is 53.6 Å². The van der Waals surface area contributed by atoms with Crippen LogP contribution in [-0.2, 0) is 14.3 Å². The van der Waals surface area contributed by atoms with Gasteiger partial charge >= 0.3 is 0 Å². The molecule has 2 aliphatic rings. The van der Waals surface area contributed by atoms with Gasteiger partial charge in [-0.3, -0.25) is 9.79 Å². The van der Waals surface area contributed by atoms with Crippen LogP contribution in [0, 0.1) is 5.92 Å². The number of likely N-dealkylation sites (tertiary alicyclic amines) is 1. The van der Waals surface area contributed by atoms with E-state index in [0.29, 0.717) is 32.3 Å². The summed E-state index contributed by atoms with van der Waals surface area (Å²) in [5, 5.41) is 6.67. The van der Waals surface area contributed by atoms with Crippen LogP contribution in [0.2, 0.25) is 0 Å². The highest BCUT2D eigenvalue weighted by Crippen LogP contribution is 2.26. The zero-order valence-electron chi connectivity index (χ0n) is 16.2. The number of ether oxygens (including phenoxy) is 2. The molecule has 1 atom stereocenters. The van der Waals surface area contributed by atoms with Crippen LogP contribution in [0.1, 0.15) is 38.5 Å². The molecule has 152 valence electrons. The van der Waals surface area contributed by atoms with Crippen molar-refractivity contribution in [2.45, 2.75) is 44.6 Å². The van der Waals surface area contributed by atoms with Crippen molar-refractivity contribution in [3.63, 3.8) is 0 Å². The molecule has 1 unspecified atom stereocenters. The number of amides is 1. The number of methoxy groups -OCH3 is 1. The second kappa shape index (κ2) is 13.5. The number of carbonyl (C=O) groups is 1. The number of halogens is 1. The Bertz CT molecular complexity index is 431. The maximum absolute atomic E-state index is 12.6. The van der Waals surface area contributed by atoms with Gasteiger partial charge in [0.2, 0.25) is 5.91 Å². The zero-order valence-corrected chi connectivity index (χ0v) is 18.5. The van der Waals surface area contributed by atoms with E-state index >= 15 is 0 Å². The Kier molecular flexibility index (Phi) is 12.2. The zero-order chi connectivity index (χ0) is 17.9. The summed E-state index contributed by atoms with van der Waals surface area (Å²) >= 11 is 0. The van der Waals surface area contributed by atoms with E-state index in [2.05, 4.69) is 15.6 Å². The lowest BCUT2D eigenvalue weighted by atomic mass is 9.88. The number of nitrogens with one attached hydrogen (secondary N) is 2. The van der Waals surface area contributed by atoms with Gasteiger partial charge in [-0.2, -0.15) is 0 Å². The van der Waals surface area contributed by atoms with Crippen LogP contribution in [0.3, 0.4) is 0 Å². The molecule has 1 saturated carbocycles. The highest BCUT2D eigenvalue weighted by Gasteiger charge is 2.31. The summed E-state index contributed by atoms with van der Waals surface area (Å²) < 4.78 is 10.4. The summed E-state index contributed by atoms with van der Waals surface area (Å²) in [7, 11) is 3.43. The molecule has 2 N–H and O–H groups in total. The lowest BCUT2D eigenvalue weighted by molar-refractivity contribution is -0.135. The minimum Gasteiger partial charge on any atom is -0.382 e. The van der Waals surface area contributed by atoms with Gasteiger partial charge in [0.05, 0.1) is 19.8 Å². The molecule has 1 aliphatic carbocycles. The molecular formula is C18H35IN4O3. The van der Waals surface area contributed by atoms with E-state index in [4.69, 9.17) is 9.47 Å². The van der Waals surface area contributed by atoms with Crippen LogP contribution in [0.5, 0.6) is 0 Å². The smallest absolute Gasteiger partial charge is 0.225 e. The SMILES string of the molecule is CN=C(NCCOCCOC)NC1CCN(C(=O)C2CCCCC2)C1.I. The van der Waals surface area contributed by atoms with Gasteiger partial charge in [-0.1, -0.05) is 19.3 Å². The normalized spacial score (nSPS) is 21.4. The number of hydrogen-bond donors (Lipinski definition) is 2. The van der Waals surface area contributed by atoms with E-state index in [-0.39, 0.29) is 35.9 Å². The highest BCUT2D eigenvalue weighted by atomic mass is 127. The number of carbonyl (C=O) groups excluding carboxylic acids is 1. The Morgan fingerprint density at radius 2 is 1.92 bits per heavy atom. The van der Waals surface area contributed by atoms with Crippen LogP contribution in [0.4, 0.5) is 0 Å². The molecule has 1 amide bonds. The van der Waals surface area contributed by atoms with Gasteiger partial charge in [0.15, 0.2) is 5.96 Å². The Balaban J connectivity index is 0.00000338. The molecule has 8 heteroatoms. The average molecular weight is 482 g/mol. The third kappa shape index (κ3) is 7.96. The number of nitrogens with zero attached hydrogens (tertiary/aromatic N) is 2. The molecule has 0 aromatic rings. The third-order valence-electron chi connectivity index (χ3n) is 4.99. The Hall–Kier alpha value is -0.610. The van der Waals surface area contributed by atoms with Gasteiger partial charge in [-0.25, -0.2) is 0 Å². The van der Waals surface area contributed by atoms with Gasteiger partial charge < -0.3 is 25.0 Å². The van der Waals surface area contributed by atoms with E-state index in [1.165, 1.54) is 19.3 Å². The third-order valence-corrected chi connectivity index (χ3v) is 4.99. The van der Waals surface area contributed by atoms with Gasteiger partial charge in [0, 0.05) is 45.8 Å². The van der Waals surface area contributed by atoms with Crippen LogP contribution in [0.15, 0.2) is 4.99 Å². The molecule has 1 aliphatic heterocycles. The topological polar surface area (TPSA) is 75.2 Å². The summed E-state index contributed by atoms with van der Waals surface area (Å²) in [5.74, 6) is 1.39. The van der Waals surface area contributed by atoms with E-state index in [0.717, 1.165) is 38.3 Å². The fourth-order valence-electron chi connectivity index (χ4n) is 3.56. The summed E-state index contributed by atoms with van der Waals surface area (Å²) in [6.07, 6.45) is 6.80. The van der Waals surface area contributed by atoms with Crippen LogP contribution < -0.4 is 10.6 Å². The predicted molar refractivity (Wildman–Crippen MR) is 114 cm³/mol. The minimum atomic E-state index is 0. The van der Waals surface area contributed by atoms with Crippen molar-refractivity contribution in [2.24, 2.45) is 10.9 Å². The molecule has 0 bridgehead atoms. The average Bonchev–Trinajstić information content (AvgIpc) is 3.12. The number of hydrogen-bond acceptors (Lipinski definition) is 4. The second-order valence-electron chi connectivity index (χ2n) is 6.85. The van der Waals surface area contributed by atoms with E-state index in [1.807, 2.05) is 4.90 Å². The van der Waals surface area contributed by atoms with Gasteiger partial charge in [0.25, 0.3) is 0 Å². The molecule has 2 rings (SSSR count). The molecule has 0 radical (unpaired) electrons. The summed E-state index contributed by atoms with van der Waals surface area (Å²) in [5.41, 5.74) is 0. The van der Waals surface area contributed by atoms with Crippen molar-refractivity contribution in [1.29, 1.82) is 0 Å². The largest absolute Gasteiger partial charge is 0.382 e. The van der Waals surface area contributed by atoms with E-state index in [9.17, 15) is 4.79 Å². The Labute approximate surface area is 174 Å². The number of guanidine groups is 1. The quantitative estimate of drug-likeness (QED) is 0.238. The van der Waals surface area contributed by atoms with Crippen molar-refractivity contribution < 1.29 is 14.3 Å². The van der Waals surface area contributed by atoms with Crippen LogP contribution >= 0.6 is 24.0 Å². The van der Waals surface area contributed by atoms with Crippen molar-refractivity contribution in [3.05, 3.63) is 0 Å². The van der Waals surface area contributed by atoms with Crippen molar-refractivity contribution in [1.82, 2.24) is 15.5 Å². The summed E-state index contributed by atoms with van der Waals surface area (Å²) in [4.78, 5) is 18.9. The first-order chi connectivity index (χ1) is 12.2. The standard InChI is InChI=1S/C18H34N4O3.HI/c1-19-18(20-9-11-25-13-12-24-2)21-16-8-10-22(14-16)17(23)15-6-4-3-5-7-15;/h15-16H,3-14H2,1-2H3,(H2,19,20,21);1H. The first kappa shape index (κ1) is 23.4. The molecule has 0 spiro atoms. The lowest BCUT2D eigenvalue weighted by Crippen LogP contribution is -2.46. The highest BCUT2D eigenvalue weighted by molar-refractivity contribution is 14.0. The summed E-state index contributed by atoms with van der Waals surface area (Å²) in [6.45, 7) is 4.15. The fourth-order valence-corrected chi connectivity index (χ4v) is 3.56. The Morgan fingerprint density at radius 3 is 2.62 bits per heavy atom. The maximum atomic E-state index is 12.6. The molecular weight excluding hydrogens is 447 g/mol. The molecule has 0 aromatic heterocycles. The Morgan fingerprint density at radius 1 is 1.15 bits per heavy atom. The van der Waals surface area contributed by atoms with Gasteiger partial charge in [-0.05, 0) is 19.3 Å². The lowest BCUT2D eigenvalue weighted by Gasteiger charge is -2.26. The minimum absolute atomic E-state index is 0. The van der Waals surface area contributed by atoms with Gasteiger partial charge in [0.1, 0.15) is 0 Å². The first-order valence-corrected chi connectivity index (χ1v) is 9.57. The first-order valence-electron chi connectivity index (χ1n) is 9.57. The predicted octanol–water partition coefficient (Wildman–Crippen LogP) is 1.61. The molecule has 1 saturated heterocycles. The number of aliphatic imine (C=N–C) groups is 1. The van der Waals surface area contributed by atoms with Gasteiger partial charge in [-0.15, -0.1) is 24.0 Å². The summed E-state index contributed by atoms with van der Waals surface area (Å²) in [6, 6.07) is 0.271. The molecule has 26 heavy (non-hydrogen) atoms. The van der Waals surface area contributed by atoms with Crippen molar-refractivity contribution in [3.8, 4) is 0 Å². The molecule has 1 heterocycles. The number of rotatable bonds is 8. The molecule has 0 aromatic carbocycles. The fraction of sp³-hybridized carbons (Fsp3) is 0.889. The monoisotopic (exact) mass is 482 g/mol. The molecule has 2 fully saturated rings. The second-order valence-corrected chi connectivity index (χ2v) is 6.85. The van der Waals surface area contributed by atoms with Crippen LogP contribution in [0.25, 0.3) is 0 Å². The molecule has 7 nitrogen and oxygen atoms in total. The van der Waals surface area contributed by atoms with Crippen LogP contribution in [-0.4, -0.2) is 76.4 Å².